The fourth-order valence-electron chi connectivity index (χ4n) is 4.28. The molecule has 1 atom stereocenters. The van der Waals surface area contributed by atoms with E-state index in [-0.39, 0.29) is 30.1 Å². The molecule has 1 N–H and O–H groups in total. The lowest BCUT2D eigenvalue weighted by Gasteiger charge is -2.28. The molecule has 1 aliphatic heterocycles. The third kappa shape index (κ3) is 3.86. The molecule has 7 heteroatoms. The average molecular weight is 527 g/mol. The van der Waals surface area contributed by atoms with Gasteiger partial charge in [0.25, 0.3) is 5.91 Å². The minimum Gasteiger partial charge on any atom is -0.361 e. The number of benzene rings is 2. The summed E-state index contributed by atoms with van der Waals surface area (Å²) in [6.45, 7) is 0.418. The molecule has 2 fully saturated rings. The molecule has 2 aliphatic rings. The molecule has 5 rings (SSSR count). The number of halogens is 1. The van der Waals surface area contributed by atoms with E-state index in [2.05, 4.69) is 33.6 Å². The highest BCUT2D eigenvalue weighted by atomic mass is 127. The van der Waals surface area contributed by atoms with E-state index in [0.717, 1.165) is 32.9 Å². The Morgan fingerprint density at radius 1 is 1.10 bits per heavy atom. The number of amides is 3. The second-order valence-corrected chi connectivity index (χ2v) is 9.42. The predicted molar refractivity (Wildman–Crippen MR) is 126 cm³/mol. The molecule has 2 heterocycles. The molecule has 3 amide bonds. The van der Waals surface area contributed by atoms with Gasteiger partial charge in [-0.25, -0.2) is 4.90 Å². The van der Waals surface area contributed by atoms with Crippen molar-refractivity contribution in [3.63, 3.8) is 0 Å². The van der Waals surface area contributed by atoms with Crippen molar-refractivity contribution in [2.75, 3.05) is 11.4 Å². The molecular formula is C24H22IN3O3. The van der Waals surface area contributed by atoms with Crippen LogP contribution in [0.1, 0.15) is 24.8 Å². The summed E-state index contributed by atoms with van der Waals surface area (Å²) in [5.41, 5.74) is 2.72. The summed E-state index contributed by atoms with van der Waals surface area (Å²) in [4.78, 5) is 45.3. The third-order valence-corrected chi connectivity index (χ3v) is 6.81. The number of rotatable bonds is 6. The topological polar surface area (TPSA) is 73.5 Å². The highest BCUT2D eigenvalue weighted by molar-refractivity contribution is 14.1. The van der Waals surface area contributed by atoms with Gasteiger partial charge < -0.3 is 9.88 Å². The number of imide groups is 1. The van der Waals surface area contributed by atoms with Crippen LogP contribution in [-0.2, 0) is 20.8 Å². The van der Waals surface area contributed by atoms with Gasteiger partial charge in [0.05, 0.1) is 12.1 Å². The zero-order valence-corrected chi connectivity index (χ0v) is 19.0. The van der Waals surface area contributed by atoms with Crippen LogP contribution in [-0.4, -0.2) is 40.2 Å². The number of hydrogen-bond donors (Lipinski definition) is 1. The Morgan fingerprint density at radius 2 is 1.84 bits per heavy atom. The van der Waals surface area contributed by atoms with E-state index in [0.29, 0.717) is 18.7 Å². The maximum Gasteiger partial charge on any atom is 0.257 e. The molecule has 6 nitrogen and oxygen atoms in total. The van der Waals surface area contributed by atoms with Crippen molar-refractivity contribution < 1.29 is 14.4 Å². The van der Waals surface area contributed by atoms with E-state index in [9.17, 15) is 14.4 Å². The van der Waals surface area contributed by atoms with Gasteiger partial charge in [-0.3, -0.25) is 14.4 Å². The molecule has 31 heavy (non-hydrogen) atoms. The van der Waals surface area contributed by atoms with E-state index < -0.39 is 6.04 Å². The van der Waals surface area contributed by atoms with Gasteiger partial charge in [-0.15, -0.1) is 0 Å². The van der Waals surface area contributed by atoms with Crippen LogP contribution >= 0.6 is 22.6 Å². The molecule has 1 unspecified atom stereocenters. The van der Waals surface area contributed by atoms with E-state index in [1.54, 1.807) is 17.0 Å². The normalized spacial score (nSPS) is 18.7. The summed E-state index contributed by atoms with van der Waals surface area (Å²) in [5, 5.41) is 1.12. The summed E-state index contributed by atoms with van der Waals surface area (Å²) >= 11 is 2.19. The molecule has 0 spiro atoms. The average Bonchev–Trinajstić information content (AvgIpc) is 3.48. The number of hydrogen-bond acceptors (Lipinski definition) is 3. The molecule has 158 valence electrons. The number of carbonyl (C=O) groups excluding carboxylic acids is 3. The molecule has 3 aromatic rings. The Bertz CT molecular complexity index is 1170. The first-order valence-electron chi connectivity index (χ1n) is 10.5. The van der Waals surface area contributed by atoms with Crippen LogP contribution in [0.15, 0.2) is 54.7 Å². The largest absolute Gasteiger partial charge is 0.361 e. The Hall–Kier alpha value is -2.68. The Kier molecular flexibility index (Phi) is 5.29. The predicted octanol–water partition coefficient (Wildman–Crippen LogP) is 3.89. The molecule has 1 aromatic heterocycles. The van der Waals surface area contributed by atoms with Crippen LogP contribution in [0.5, 0.6) is 0 Å². The highest BCUT2D eigenvalue weighted by Crippen LogP contribution is 2.34. The zero-order chi connectivity index (χ0) is 21.5. The van der Waals surface area contributed by atoms with Gasteiger partial charge in [-0.2, -0.15) is 0 Å². The Morgan fingerprint density at radius 3 is 2.58 bits per heavy atom. The van der Waals surface area contributed by atoms with E-state index in [1.165, 1.54) is 4.90 Å². The molecule has 0 bridgehead atoms. The molecule has 1 saturated carbocycles. The number of fused-ring (bicyclic) bond motifs is 1. The number of anilines is 1. The number of para-hydroxylation sites is 1. The second kappa shape index (κ2) is 8.11. The molecule has 0 radical (unpaired) electrons. The van der Waals surface area contributed by atoms with Crippen LogP contribution in [0.3, 0.4) is 0 Å². The first kappa shape index (κ1) is 20.2. The van der Waals surface area contributed by atoms with Gasteiger partial charge in [0.15, 0.2) is 0 Å². The van der Waals surface area contributed by atoms with Crippen molar-refractivity contribution >= 4 is 56.9 Å². The van der Waals surface area contributed by atoms with Crippen molar-refractivity contribution in [3.8, 4) is 0 Å². The van der Waals surface area contributed by atoms with Gasteiger partial charge in [-0.05, 0) is 77.7 Å². The fraction of sp³-hybridized carbons (Fsp3) is 0.292. The van der Waals surface area contributed by atoms with E-state index in [4.69, 9.17) is 0 Å². The summed E-state index contributed by atoms with van der Waals surface area (Å²) in [7, 11) is 0. The first-order chi connectivity index (χ1) is 15.0. The second-order valence-electron chi connectivity index (χ2n) is 8.18. The molecule has 1 aliphatic carbocycles. The van der Waals surface area contributed by atoms with Crippen LogP contribution in [0.2, 0.25) is 0 Å². The van der Waals surface area contributed by atoms with Gasteiger partial charge in [0.2, 0.25) is 11.8 Å². The lowest BCUT2D eigenvalue weighted by molar-refractivity contribution is -0.139. The van der Waals surface area contributed by atoms with Crippen molar-refractivity contribution in [2.24, 2.45) is 5.92 Å². The van der Waals surface area contributed by atoms with Gasteiger partial charge >= 0.3 is 0 Å². The molecule has 1 saturated heterocycles. The number of nitrogens with one attached hydrogen (secondary N) is 1. The summed E-state index contributed by atoms with van der Waals surface area (Å²) in [6, 6.07) is 14.6. The summed E-state index contributed by atoms with van der Waals surface area (Å²) in [5.74, 6) is -0.579. The van der Waals surface area contributed by atoms with Crippen LogP contribution in [0.25, 0.3) is 10.9 Å². The zero-order valence-electron chi connectivity index (χ0n) is 16.9. The van der Waals surface area contributed by atoms with E-state index >= 15 is 0 Å². The van der Waals surface area contributed by atoms with Gasteiger partial charge in [0.1, 0.15) is 6.04 Å². The quantitative estimate of drug-likeness (QED) is 0.391. The van der Waals surface area contributed by atoms with Crippen LogP contribution in [0, 0.1) is 9.49 Å². The van der Waals surface area contributed by atoms with Crippen molar-refractivity contribution in [2.45, 2.75) is 31.7 Å². The molecule has 2 aromatic carbocycles. The third-order valence-electron chi connectivity index (χ3n) is 6.09. The Balaban J connectivity index is 1.39. The number of H-pyrrole nitrogens is 1. The first-order valence-corrected chi connectivity index (χ1v) is 11.6. The monoisotopic (exact) mass is 527 g/mol. The van der Waals surface area contributed by atoms with Gasteiger partial charge in [0, 0.05) is 33.1 Å². The maximum atomic E-state index is 13.3. The highest BCUT2D eigenvalue weighted by Gasteiger charge is 2.46. The molecular weight excluding hydrogens is 505 g/mol. The SMILES string of the molecule is O=C1CC(N(CCc2c[nH]c3ccccc23)C(=O)C2CC2)C(=O)N1c1ccc(I)cc1. The number of aromatic nitrogens is 1. The van der Waals surface area contributed by atoms with Crippen LogP contribution in [0.4, 0.5) is 5.69 Å². The smallest absolute Gasteiger partial charge is 0.257 e. The van der Waals surface area contributed by atoms with Crippen molar-refractivity contribution in [3.05, 3.63) is 63.9 Å². The van der Waals surface area contributed by atoms with Crippen molar-refractivity contribution in [1.82, 2.24) is 9.88 Å². The Labute approximate surface area is 193 Å². The standard InChI is InChI=1S/C24H22IN3O3/c25-17-7-9-18(10-8-17)28-22(29)13-21(24(28)31)27(23(30)15-5-6-15)12-11-16-14-26-20-4-2-1-3-19(16)20/h1-4,7-10,14-15,21,26H,5-6,11-13H2. The number of carbonyl (C=O) groups is 3. The minimum absolute atomic E-state index is 0.00421. The fourth-order valence-corrected chi connectivity index (χ4v) is 4.64. The van der Waals surface area contributed by atoms with Crippen LogP contribution < -0.4 is 4.90 Å². The number of nitrogens with zero attached hydrogens (tertiary/aromatic N) is 2. The van der Waals surface area contributed by atoms with Crippen molar-refractivity contribution in [1.29, 1.82) is 0 Å². The maximum absolute atomic E-state index is 13.3. The summed E-state index contributed by atoms with van der Waals surface area (Å²) in [6.07, 6.45) is 4.35. The lowest BCUT2D eigenvalue weighted by Crippen LogP contribution is -2.47. The number of aromatic amines is 1. The van der Waals surface area contributed by atoms with Gasteiger partial charge in [-0.1, -0.05) is 18.2 Å². The summed E-state index contributed by atoms with van der Waals surface area (Å²) < 4.78 is 1.03. The lowest BCUT2D eigenvalue weighted by atomic mass is 10.1. The van der Waals surface area contributed by atoms with E-state index in [1.807, 2.05) is 36.5 Å². The minimum atomic E-state index is -0.731.